The fourth-order valence-electron chi connectivity index (χ4n) is 2.98. The third-order valence-electron chi connectivity index (χ3n) is 4.25. The van der Waals surface area contributed by atoms with Crippen LogP contribution in [0.5, 0.6) is 5.75 Å². The predicted molar refractivity (Wildman–Crippen MR) is 99.6 cm³/mol. The van der Waals surface area contributed by atoms with Crippen LogP contribution in [-0.2, 0) is 4.79 Å². The van der Waals surface area contributed by atoms with Gasteiger partial charge in [-0.15, -0.1) is 11.3 Å². The molecular formula is C19H22N2O4S. The van der Waals surface area contributed by atoms with Crippen molar-refractivity contribution in [3.05, 3.63) is 35.3 Å². The lowest BCUT2D eigenvalue weighted by Gasteiger charge is -2.30. The van der Waals surface area contributed by atoms with Gasteiger partial charge in [-0.2, -0.15) is 0 Å². The fraction of sp³-hybridized carbons (Fsp3) is 0.421. The van der Waals surface area contributed by atoms with Gasteiger partial charge in [-0.25, -0.2) is 4.98 Å². The number of likely N-dealkylation sites (tertiary alicyclic amines) is 1. The topological polar surface area (TPSA) is 79.7 Å². The van der Waals surface area contributed by atoms with Crippen LogP contribution in [0.15, 0.2) is 29.6 Å². The molecule has 26 heavy (non-hydrogen) atoms. The van der Waals surface area contributed by atoms with E-state index in [1.54, 1.807) is 10.3 Å². The molecule has 1 aromatic carbocycles. The highest BCUT2D eigenvalue weighted by Gasteiger charge is 2.29. The van der Waals surface area contributed by atoms with Crippen molar-refractivity contribution in [3.8, 4) is 16.3 Å². The number of piperidine rings is 1. The number of nitrogens with zero attached hydrogens (tertiary/aromatic N) is 2. The number of carbonyl (C=O) groups excluding carboxylic acids is 1. The molecule has 0 unspecified atom stereocenters. The summed E-state index contributed by atoms with van der Waals surface area (Å²) in [6.45, 7) is 4.78. The van der Waals surface area contributed by atoms with E-state index in [1.165, 1.54) is 11.3 Å². The van der Waals surface area contributed by atoms with Crippen LogP contribution in [0.25, 0.3) is 10.6 Å². The van der Waals surface area contributed by atoms with Crippen LogP contribution in [-0.4, -0.2) is 46.1 Å². The zero-order valence-electron chi connectivity index (χ0n) is 14.8. The molecular weight excluding hydrogens is 352 g/mol. The minimum atomic E-state index is -0.842. The molecule has 0 aliphatic carbocycles. The largest absolute Gasteiger partial charge is 0.491 e. The van der Waals surface area contributed by atoms with E-state index < -0.39 is 11.9 Å². The van der Waals surface area contributed by atoms with Gasteiger partial charge in [-0.05, 0) is 51.0 Å². The first-order valence-electron chi connectivity index (χ1n) is 8.68. The van der Waals surface area contributed by atoms with Crippen molar-refractivity contribution in [3.63, 3.8) is 0 Å². The summed E-state index contributed by atoms with van der Waals surface area (Å²) >= 11 is 1.41. The molecule has 1 aliphatic rings. The number of benzene rings is 1. The van der Waals surface area contributed by atoms with Gasteiger partial charge in [-0.1, -0.05) is 0 Å². The fourth-order valence-corrected chi connectivity index (χ4v) is 3.78. The highest BCUT2D eigenvalue weighted by Crippen LogP contribution is 2.27. The number of aliphatic carboxylic acids is 1. The summed E-state index contributed by atoms with van der Waals surface area (Å²) in [5, 5.41) is 11.7. The van der Waals surface area contributed by atoms with E-state index in [9.17, 15) is 14.7 Å². The number of ether oxygens (including phenoxy) is 1. The molecule has 1 N–H and O–H groups in total. The Morgan fingerprint density at radius 2 is 2.04 bits per heavy atom. The van der Waals surface area contributed by atoms with Crippen LogP contribution in [0.1, 0.15) is 37.2 Å². The van der Waals surface area contributed by atoms with Crippen LogP contribution in [0, 0.1) is 5.92 Å². The quantitative estimate of drug-likeness (QED) is 0.866. The summed E-state index contributed by atoms with van der Waals surface area (Å²) in [6.07, 6.45) is 1.44. The maximum Gasteiger partial charge on any atom is 0.308 e. The van der Waals surface area contributed by atoms with E-state index in [4.69, 9.17) is 4.74 Å². The number of carboxylic acids is 1. The number of aromatic nitrogens is 1. The van der Waals surface area contributed by atoms with E-state index in [0.29, 0.717) is 25.1 Å². The van der Waals surface area contributed by atoms with Gasteiger partial charge in [0.25, 0.3) is 5.91 Å². The summed E-state index contributed by atoms with van der Waals surface area (Å²) in [7, 11) is 0. The Morgan fingerprint density at radius 1 is 1.31 bits per heavy atom. The molecule has 7 heteroatoms. The van der Waals surface area contributed by atoms with Crippen LogP contribution in [0.3, 0.4) is 0 Å². The van der Waals surface area contributed by atoms with Crippen molar-refractivity contribution in [1.82, 2.24) is 9.88 Å². The molecule has 1 amide bonds. The van der Waals surface area contributed by atoms with Crippen molar-refractivity contribution in [1.29, 1.82) is 0 Å². The lowest BCUT2D eigenvalue weighted by atomic mass is 9.98. The number of amides is 1. The number of carbonyl (C=O) groups is 2. The third kappa shape index (κ3) is 4.22. The average Bonchev–Trinajstić information content (AvgIpc) is 3.11. The Balaban J connectivity index is 1.71. The number of hydrogen-bond donors (Lipinski definition) is 1. The van der Waals surface area contributed by atoms with Crippen molar-refractivity contribution in [2.24, 2.45) is 5.92 Å². The normalized spacial score (nSPS) is 17.3. The zero-order chi connectivity index (χ0) is 18.7. The van der Waals surface area contributed by atoms with Gasteiger partial charge in [0, 0.05) is 24.0 Å². The number of carboxylic acid groups (broad SMARTS) is 1. The van der Waals surface area contributed by atoms with E-state index in [-0.39, 0.29) is 18.6 Å². The molecule has 1 atom stereocenters. The van der Waals surface area contributed by atoms with Gasteiger partial charge >= 0.3 is 5.97 Å². The molecule has 0 saturated carbocycles. The second-order valence-electron chi connectivity index (χ2n) is 6.66. The van der Waals surface area contributed by atoms with Crippen molar-refractivity contribution < 1.29 is 19.4 Å². The van der Waals surface area contributed by atoms with E-state index in [0.717, 1.165) is 16.3 Å². The molecule has 1 aromatic heterocycles. The molecule has 138 valence electrons. The molecule has 1 saturated heterocycles. The SMILES string of the molecule is CC(C)Oc1ccc(-c2nc(C(=O)N3CCC[C@H](C(=O)O)C3)cs2)cc1. The zero-order valence-corrected chi connectivity index (χ0v) is 15.7. The predicted octanol–water partition coefficient (Wildman–Crippen LogP) is 3.53. The van der Waals surface area contributed by atoms with Crippen molar-refractivity contribution in [2.75, 3.05) is 13.1 Å². The second-order valence-corrected chi connectivity index (χ2v) is 7.52. The van der Waals surface area contributed by atoms with Crippen LogP contribution in [0.2, 0.25) is 0 Å². The van der Waals surface area contributed by atoms with Gasteiger partial charge in [0.05, 0.1) is 12.0 Å². The summed E-state index contributed by atoms with van der Waals surface area (Å²) < 4.78 is 5.63. The Bertz CT molecular complexity index is 785. The molecule has 2 heterocycles. The van der Waals surface area contributed by atoms with E-state index in [1.807, 2.05) is 38.1 Å². The van der Waals surface area contributed by atoms with Crippen LogP contribution >= 0.6 is 11.3 Å². The lowest BCUT2D eigenvalue weighted by molar-refractivity contribution is -0.143. The Kier molecular flexibility index (Phi) is 5.56. The van der Waals surface area contributed by atoms with Gasteiger partial charge in [0.15, 0.2) is 0 Å². The Labute approximate surface area is 156 Å². The molecule has 3 rings (SSSR count). The summed E-state index contributed by atoms with van der Waals surface area (Å²) in [5.74, 6) is -0.729. The highest BCUT2D eigenvalue weighted by atomic mass is 32.1. The van der Waals surface area contributed by atoms with Gasteiger partial charge < -0.3 is 14.7 Å². The minimum absolute atomic E-state index is 0.115. The molecule has 0 spiro atoms. The van der Waals surface area contributed by atoms with Gasteiger partial charge in [-0.3, -0.25) is 9.59 Å². The first kappa shape index (κ1) is 18.4. The minimum Gasteiger partial charge on any atom is -0.491 e. The smallest absolute Gasteiger partial charge is 0.308 e. The summed E-state index contributed by atoms with van der Waals surface area (Å²) in [4.78, 5) is 29.9. The molecule has 1 fully saturated rings. The van der Waals surface area contributed by atoms with Gasteiger partial charge in [0.2, 0.25) is 0 Å². The van der Waals surface area contributed by atoms with Crippen LogP contribution in [0.4, 0.5) is 0 Å². The van der Waals surface area contributed by atoms with E-state index in [2.05, 4.69) is 4.98 Å². The first-order chi connectivity index (χ1) is 12.4. The Morgan fingerprint density at radius 3 is 2.69 bits per heavy atom. The molecule has 0 bridgehead atoms. The van der Waals surface area contributed by atoms with E-state index >= 15 is 0 Å². The van der Waals surface area contributed by atoms with Gasteiger partial charge in [0.1, 0.15) is 16.5 Å². The lowest BCUT2D eigenvalue weighted by Crippen LogP contribution is -2.42. The standard InChI is InChI=1S/C19H22N2O4S/c1-12(2)25-15-7-5-13(6-8-15)17-20-16(11-26-17)18(22)21-9-3-4-14(10-21)19(23)24/h5-8,11-12,14H,3-4,9-10H2,1-2H3,(H,23,24)/t14-/m0/s1. The molecule has 0 radical (unpaired) electrons. The van der Waals surface area contributed by atoms with Crippen molar-refractivity contribution >= 4 is 23.2 Å². The highest BCUT2D eigenvalue weighted by molar-refractivity contribution is 7.13. The summed E-state index contributed by atoms with van der Waals surface area (Å²) in [5.41, 5.74) is 1.30. The maximum atomic E-state index is 12.6. The average molecular weight is 374 g/mol. The third-order valence-corrected chi connectivity index (χ3v) is 5.15. The monoisotopic (exact) mass is 374 g/mol. The number of thiazole rings is 1. The number of hydrogen-bond acceptors (Lipinski definition) is 5. The molecule has 2 aromatic rings. The maximum absolute atomic E-state index is 12.6. The second kappa shape index (κ2) is 7.86. The van der Waals surface area contributed by atoms with Crippen molar-refractivity contribution in [2.45, 2.75) is 32.8 Å². The number of rotatable bonds is 5. The molecule has 6 nitrogen and oxygen atoms in total. The van der Waals surface area contributed by atoms with Crippen LogP contribution < -0.4 is 4.74 Å². The summed E-state index contributed by atoms with van der Waals surface area (Å²) in [6, 6.07) is 7.62. The Hall–Kier alpha value is -2.41. The molecule has 1 aliphatic heterocycles. The first-order valence-corrected chi connectivity index (χ1v) is 9.56.